The van der Waals surface area contributed by atoms with Crippen molar-refractivity contribution in [3.05, 3.63) is 18.2 Å². The number of nitrogens with one attached hydrogen (secondary N) is 1. The van der Waals surface area contributed by atoms with Gasteiger partial charge in [0.1, 0.15) is 0 Å². The number of sulfonamides is 1. The first-order chi connectivity index (χ1) is 8.55. The molecule has 0 heterocycles. The summed E-state index contributed by atoms with van der Waals surface area (Å²) in [4.78, 5) is 0.177. The lowest BCUT2D eigenvalue weighted by Gasteiger charge is -2.10. The van der Waals surface area contributed by atoms with Crippen molar-refractivity contribution in [2.45, 2.75) is 24.7 Å². The minimum Gasteiger partial charge on any atom is -0.493 e. The Kier molecular flexibility index (Phi) is 5.43. The predicted molar refractivity (Wildman–Crippen MR) is 69.6 cm³/mol. The molecule has 0 aliphatic rings. The molecule has 5 nitrogen and oxygen atoms in total. The second-order valence-corrected chi connectivity index (χ2v) is 5.54. The monoisotopic (exact) mass is 273 g/mol. The first kappa shape index (κ1) is 14.8. The Labute approximate surface area is 108 Å². The van der Waals surface area contributed by atoms with Crippen LogP contribution < -0.4 is 14.2 Å². The maximum atomic E-state index is 12.0. The summed E-state index contributed by atoms with van der Waals surface area (Å²) in [6, 6.07) is 4.52. The minimum atomic E-state index is -3.48. The Morgan fingerprint density at radius 3 is 2.39 bits per heavy atom. The van der Waals surface area contributed by atoms with Gasteiger partial charge in [-0.05, 0) is 18.6 Å². The van der Waals surface area contributed by atoms with Gasteiger partial charge in [-0.15, -0.1) is 0 Å². The van der Waals surface area contributed by atoms with Crippen LogP contribution in [0, 0.1) is 0 Å². The van der Waals surface area contributed by atoms with Gasteiger partial charge in [-0.3, -0.25) is 0 Å². The fourth-order valence-corrected chi connectivity index (χ4v) is 2.54. The molecule has 0 saturated heterocycles. The van der Waals surface area contributed by atoms with Gasteiger partial charge >= 0.3 is 0 Å². The molecular formula is C12H19NO4S. The third-order valence-electron chi connectivity index (χ3n) is 2.49. The topological polar surface area (TPSA) is 64.6 Å². The molecule has 0 spiro atoms. The number of unbranched alkanes of at least 4 members (excludes halogenated alkanes) is 1. The largest absolute Gasteiger partial charge is 0.493 e. The van der Waals surface area contributed by atoms with Crippen molar-refractivity contribution in [3.8, 4) is 11.5 Å². The van der Waals surface area contributed by atoms with Crippen LogP contribution in [-0.4, -0.2) is 29.2 Å². The molecule has 1 N–H and O–H groups in total. The average Bonchev–Trinajstić information content (AvgIpc) is 2.38. The van der Waals surface area contributed by atoms with Crippen LogP contribution in [0.1, 0.15) is 19.8 Å². The van der Waals surface area contributed by atoms with Crippen molar-refractivity contribution in [1.82, 2.24) is 4.72 Å². The Bertz CT molecular complexity index is 485. The predicted octanol–water partition coefficient (Wildman–Crippen LogP) is 1.78. The van der Waals surface area contributed by atoms with Crippen LogP contribution in [0.2, 0.25) is 0 Å². The van der Waals surface area contributed by atoms with E-state index >= 15 is 0 Å². The van der Waals surface area contributed by atoms with E-state index < -0.39 is 10.0 Å². The van der Waals surface area contributed by atoms with Crippen LogP contribution in [0.15, 0.2) is 23.1 Å². The van der Waals surface area contributed by atoms with Crippen molar-refractivity contribution in [1.29, 1.82) is 0 Å². The van der Waals surface area contributed by atoms with Crippen molar-refractivity contribution in [2.24, 2.45) is 0 Å². The van der Waals surface area contributed by atoms with E-state index in [1.165, 1.54) is 26.4 Å². The summed E-state index contributed by atoms with van der Waals surface area (Å²) in [5.74, 6) is 0.904. The summed E-state index contributed by atoms with van der Waals surface area (Å²) in [6.45, 7) is 2.44. The van der Waals surface area contributed by atoms with E-state index in [0.29, 0.717) is 18.0 Å². The van der Waals surface area contributed by atoms with Crippen molar-refractivity contribution >= 4 is 10.0 Å². The van der Waals surface area contributed by atoms with Crippen LogP contribution in [0.3, 0.4) is 0 Å². The SMILES string of the molecule is CCCCNS(=O)(=O)c1ccc(OC)c(OC)c1. The van der Waals surface area contributed by atoms with Gasteiger partial charge in [-0.1, -0.05) is 13.3 Å². The molecule has 1 aromatic carbocycles. The lowest BCUT2D eigenvalue weighted by atomic mass is 10.3. The second-order valence-electron chi connectivity index (χ2n) is 3.77. The summed E-state index contributed by atoms with van der Waals surface area (Å²) in [7, 11) is -0.499. The third kappa shape index (κ3) is 3.61. The lowest BCUT2D eigenvalue weighted by molar-refractivity contribution is 0.354. The van der Waals surface area contributed by atoms with Crippen LogP contribution in [0.4, 0.5) is 0 Å². The van der Waals surface area contributed by atoms with Crippen LogP contribution in [0.5, 0.6) is 11.5 Å². The quantitative estimate of drug-likeness (QED) is 0.769. The second kappa shape index (κ2) is 6.61. The number of benzene rings is 1. The highest BCUT2D eigenvalue weighted by molar-refractivity contribution is 7.89. The highest BCUT2D eigenvalue weighted by Crippen LogP contribution is 2.29. The fraction of sp³-hybridized carbons (Fsp3) is 0.500. The molecule has 0 saturated carbocycles. The van der Waals surface area contributed by atoms with Crippen molar-refractivity contribution < 1.29 is 17.9 Å². The maximum Gasteiger partial charge on any atom is 0.240 e. The molecule has 0 atom stereocenters. The first-order valence-electron chi connectivity index (χ1n) is 5.77. The van der Waals surface area contributed by atoms with Gasteiger partial charge in [0.25, 0.3) is 0 Å². The van der Waals surface area contributed by atoms with Gasteiger partial charge in [0.05, 0.1) is 19.1 Å². The maximum absolute atomic E-state index is 12.0. The van der Waals surface area contributed by atoms with Gasteiger partial charge < -0.3 is 9.47 Å². The Morgan fingerprint density at radius 2 is 1.83 bits per heavy atom. The zero-order chi connectivity index (χ0) is 13.6. The van der Waals surface area contributed by atoms with Crippen LogP contribution in [-0.2, 0) is 10.0 Å². The molecule has 6 heteroatoms. The van der Waals surface area contributed by atoms with E-state index in [1.54, 1.807) is 6.07 Å². The summed E-state index contributed by atoms with van der Waals surface area (Å²) >= 11 is 0. The first-order valence-corrected chi connectivity index (χ1v) is 7.25. The number of hydrogen-bond donors (Lipinski definition) is 1. The molecule has 18 heavy (non-hydrogen) atoms. The van der Waals surface area contributed by atoms with E-state index in [0.717, 1.165) is 12.8 Å². The van der Waals surface area contributed by atoms with Gasteiger partial charge in [-0.25, -0.2) is 13.1 Å². The third-order valence-corrected chi connectivity index (χ3v) is 3.95. The molecule has 0 amide bonds. The van der Waals surface area contributed by atoms with E-state index in [4.69, 9.17) is 9.47 Å². The number of rotatable bonds is 7. The lowest BCUT2D eigenvalue weighted by Crippen LogP contribution is -2.24. The average molecular weight is 273 g/mol. The molecule has 102 valence electrons. The van der Waals surface area contributed by atoms with Crippen LogP contribution >= 0.6 is 0 Å². The molecule has 0 radical (unpaired) electrons. The Hall–Kier alpha value is -1.27. The summed E-state index contributed by atoms with van der Waals surface area (Å²) in [5, 5.41) is 0. The molecule has 0 unspecified atom stereocenters. The summed E-state index contributed by atoms with van der Waals surface area (Å²) in [5.41, 5.74) is 0. The number of hydrogen-bond acceptors (Lipinski definition) is 4. The highest BCUT2D eigenvalue weighted by atomic mass is 32.2. The molecule has 0 bridgehead atoms. The summed E-state index contributed by atoms with van der Waals surface area (Å²) in [6.07, 6.45) is 1.75. The fourth-order valence-electron chi connectivity index (χ4n) is 1.45. The molecular weight excluding hydrogens is 254 g/mol. The molecule has 1 aromatic rings. The van der Waals surface area contributed by atoms with E-state index in [9.17, 15) is 8.42 Å². The molecule has 0 fully saturated rings. The van der Waals surface area contributed by atoms with E-state index in [-0.39, 0.29) is 4.90 Å². The molecule has 0 aliphatic heterocycles. The van der Waals surface area contributed by atoms with Gasteiger partial charge in [0.2, 0.25) is 10.0 Å². The number of methoxy groups -OCH3 is 2. The Morgan fingerprint density at radius 1 is 1.17 bits per heavy atom. The molecule has 0 aromatic heterocycles. The van der Waals surface area contributed by atoms with Gasteiger partial charge in [0.15, 0.2) is 11.5 Å². The zero-order valence-corrected chi connectivity index (χ0v) is 11.7. The normalized spacial score (nSPS) is 11.3. The minimum absolute atomic E-state index is 0.177. The number of ether oxygens (including phenoxy) is 2. The summed E-state index contributed by atoms with van der Waals surface area (Å²) < 4.78 is 36.6. The van der Waals surface area contributed by atoms with Crippen LogP contribution in [0.25, 0.3) is 0 Å². The van der Waals surface area contributed by atoms with Gasteiger partial charge in [0, 0.05) is 12.6 Å². The molecule has 0 aliphatic carbocycles. The smallest absolute Gasteiger partial charge is 0.240 e. The standard InChI is InChI=1S/C12H19NO4S/c1-4-5-8-13-18(14,15)10-6-7-11(16-2)12(9-10)17-3/h6-7,9,13H,4-5,8H2,1-3H3. The molecule has 1 rings (SSSR count). The Balaban J connectivity index is 2.95. The zero-order valence-electron chi connectivity index (χ0n) is 10.9. The van der Waals surface area contributed by atoms with Crippen molar-refractivity contribution in [3.63, 3.8) is 0 Å². The van der Waals surface area contributed by atoms with E-state index in [1.807, 2.05) is 6.92 Å². The highest BCUT2D eigenvalue weighted by Gasteiger charge is 2.16. The van der Waals surface area contributed by atoms with Gasteiger partial charge in [-0.2, -0.15) is 0 Å². The van der Waals surface area contributed by atoms with Crippen molar-refractivity contribution in [2.75, 3.05) is 20.8 Å². The van der Waals surface area contributed by atoms with E-state index in [2.05, 4.69) is 4.72 Å².